The zero-order chi connectivity index (χ0) is 21.4. The van der Waals surface area contributed by atoms with Gasteiger partial charge in [0.2, 0.25) is 5.75 Å². The van der Waals surface area contributed by atoms with Gasteiger partial charge < -0.3 is 24.8 Å². The highest BCUT2D eigenvalue weighted by Crippen LogP contribution is 2.39. The summed E-state index contributed by atoms with van der Waals surface area (Å²) in [7, 11) is 4.62. The van der Waals surface area contributed by atoms with Crippen molar-refractivity contribution >= 4 is 29.9 Å². The molecule has 2 rings (SSSR count). The number of rotatable bonds is 8. The SMILES string of the molecule is CCNC(=NCc1ccc(OC)c(OC)c1OC)NC1CCN(CC(F)(F)F)C1.I. The smallest absolute Gasteiger partial charge is 0.401 e. The fraction of sp³-hybridized carbons (Fsp3) is 0.632. The van der Waals surface area contributed by atoms with Crippen LogP contribution in [0.3, 0.4) is 0 Å². The van der Waals surface area contributed by atoms with Crippen molar-refractivity contribution in [2.24, 2.45) is 4.99 Å². The van der Waals surface area contributed by atoms with Gasteiger partial charge in [-0.25, -0.2) is 4.99 Å². The summed E-state index contributed by atoms with van der Waals surface area (Å²) >= 11 is 0. The first kappa shape index (κ1) is 26.4. The van der Waals surface area contributed by atoms with E-state index < -0.39 is 12.7 Å². The number of aliphatic imine (C=N–C) groups is 1. The van der Waals surface area contributed by atoms with Crippen LogP contribution in [0, 0.1) is 0 Å². The molecule has 1 fully saturated rings. The van der Waals surface area contributed by atoms with E-state index in [1.54, 1.807) is 20.3 Å². The van der Waals surface area contributed by atoms with Gasteiger partial charge in [0.15, 0.2) is 17.5 Å². The summed E-state index contributed by atoms with van der Waals surface area (Å²) in [6, 6.07) is 3.52. The Hall–Kier alpha value is -1.63. The fourth-order valence-electron chi connectivity index (χ4n) is 3.31. The monoisotopic (exact) mass is 546 g/mol. The van der Waals surface area contributed by atoms with E-state index in [1.807, 2.05) is 13.0 Å². The van der Waals surface area contributed by atoms with Gasteiger partial charge in [-0.2, -0.15) is 13.2 Å². The number of likely N-dealkylation sites (tertiary alicyclic amines) is 1. The zero-order valence-corrected chi connectivity index (χ0v) is 20.0. The second kappa shape index (κ2) is 12.3. The van der Waals surface area contributed by atoms with Gasteiger partial charge in [-0.15, -0.1) is 24.0 Å². The van der Waals surface area contributed by atoms with Gasteiger partial charge in [0.1, 0.15) is 0 Å². The maximum absolute atomic E-state index is 12.6. The van der Waals surface area contributed by atoms with Gasteiger partial charge >= 0.3 is 6.18 Å². The van der Waals surface area contributed by atoms with Crippen LogP contribution in [0.1, 0.15) is 18.9 Å². The Balaban J connectivity index is 0.00000450. The number of hydrogen-bond donors (Lipinski definition) is 2. The topological polar surface area (TPSA) is 67.4 Å². The molecule has 0 spiro atoms. The molecule has 0 amide bonds. The highest BCUT2D eigenvalue weighted by molar-refractivity contribution is 14.0. The van der Waals surface area contributed by atoms with Crippen molar-refractivity contribution in [1.29, 1.82) is 0 Å². The quantitative estimate of drug-likeness (QED) is 0.297. The van der Waals surface area contributed by atoms with Crippen molar-refractivity contribution in [3.63, 3.8) is 0 Å². The number of alkyl halides is 3. The van der Waals surface area contributed by atoms with E-state index in [9.17, 15) is 13.2 Å². The number of nitrogens with zero attached hydrogens (tertiary/aromatic N) is 2. The van der Waals surface area contributed by atoms with Crippen LogP contribution < -0.4 is 24.8 Å². The Morgan fingerprint density at radius 1 is 1.17 bits per heavy atom. The van der Waals surface area contributed by atoms with Crippen LogP contribution >= 0.6 is 24.0 Å². The Morgan fingerprint density at radius 2 is 1.87 bits per heavy atom. The average molecular weight is 546 g/mol. The van der Waals surface area contributed by atoms with E-state index in [1.165, 1.54) is 12.0 Å². The lowest BCUT2D eigenvalue weighted by Crippen LogP contribution is -2.45. The van der Waals surface area contributed by atoms with Crippen molar-refractivity contribution in [1.82, 2.24) is 15.5 Å². The molecule has 0 bridgehead atoms. The minimum Gasteiger partial charge on any atom is -0.493 e. The zero-order valence-electron chi connectivity index (χ0n) is 17.6. The second-order valence-corrected chi connectivity index (χ2v) is 6.67. The molecular formula is C19H30F3IN4O3. The third-order valence-corrected chi connectivity index (χ3v) is 4.55. The van der Waals surface area contributed by atoms with Gasteiger partial charge in [-0.3, -0.25) is 4.90 Å². The first-order chi connectivity index (χ1) is 13.8. The van der Waals surface area contributed by atoms with Crippen LogP contribution in [0.5, 0.6) is 17.2 Å². The third kappa shape index (κ3) is 7.56. The number of hydrogen-bond acceptors (Lipinski definition) is 5. The summed E-state index contributed by atoms with van der Waals surface area (Å²) in [5.74, 6) is 2.11. The van der Waals surface area contributed by atoms with E-state index in [0.717, 1.165) is 5.56 Å². The Bertz CT molecular complexity index is 704. The van der Waals surface area contributed by atoms with E-state index in [2.05, 4.69) is 15.6 Å². The minimum atomic E-state index is -4.18. The molecule has 11 heteroatoms. The molecule has 1 saturated heterocycles. The molecule has 30 heavy (non-hydrogen) atoms. The molecule has 0 saturated carbocycles. The van der Waals surface area contributed by atoms with Crippen molar-refractivity contribution in [3.05, 3.63) is 17.7 Å². The highest BCUT2D eigenvalue weighted by atomic mass is 127. The molecule has 1 heterocycles. The molecule has 0 aromatic heterocycles. The predicted molar refractivity (Wildman–Crippen MR) is 120 cm³/mol. The lowest BCUT2D eigenvalue weighted by atomic mass is 10.1. The maximum Gasteiger partial charge on any atom is 0.401 e. The summed E-state index contributed by atoms with van der Waals surface area (Å²) in [5.41, 5.74) is 0.799. The lowest BCUT2D eigenvalue weighted by Gasteiger charge is -2.20. The Kier molecular flexibility index (Phi) is 10.8. The summed E-state index contributed by atoms with van der Waals surface area (Å²) in [5, 5.41) is 6.36. The van der Waals surface area contributed by atoms with Gasteiger partial charge in [0, 0.05) is 31.2 Å². The number of halogens is 4. The number of benzene rings is 1. The Morgan fingerprint density at radius 3 is 2.43 bits per heavy atom. The third-order valence-electron chi connectivity index (χ3n) is 4.55. The summed E-state index contributed by atoms with van der Waals surface area (Å²) < 4.78 is 53.9. The first-order valence-corrected chi connectivity index (χ1v) is 9.43. The van der Waals surface area contributed by atoms with Gasteiger partial charge in [-0.05, 0) is 25.5 Å². The summed E-state index contributed by atoms with van der Waals surface area (Å²) in [6.07, 6.45) is -3.56. The van der Waals surface area contributed by atoms with Crippen molar-refractivity contribution in [3.8, 4) is 17.2 Å². The lowest BCUT2D eigenvalue weighted by molar-refractivity contribution is -0.143. The van der Waals surface area contributed by atoms with Crippen molar-refractivity contribution in [2.75, 3.05) is 47.5 Å². The van der Waals surface area contributed by atoms with Crippen LogP contribution in [0.2, 0.25) is 0 Å². The largest absolute Gasteiger partial charge is 0.493 e. The number of guanidine groups is 1. The second-order valence-electron chi connectivity index (χ2n) is 6.67. The summed E-state index contributed by atoms with van der Waals surface area (Å²) in [4.78, 5) is 5.97. The predicted octanol–water partition coefficient (Wildman–Crippen LogP) is 3.02. The van der Waals surface area contributed by atoms with Gasteiger partial charge in [-0.1, -0.05) is 0 Å². The first-order valence-electron chi connectivity index (χ1n) is 9.43. The van der Waals surface area contributed by atoms with Crippen LogP contribution in [0.15, 0.2) is 17.1 Å². The number of ether oxygens (including phenoxy) is 3. The minimum absolute atomic E-state index is 0. The molecule has 1 aromatic rings. The standard InChI is InChI=1S/C19H29F3N4O3.HI/c1-5-23-18(25-14-8-9-26(11-14)12-19(20,21)22)24-10-13-6-7-15(27-2)17(29-4)16(13)28-3;/h6-7,14H,5,8-12H2,1-4H3,(H2,23,24,25);1H. The molecule has 1 aliphatic rings. The van der Waals surface area contributed by atoms with Crippen molar-refractivity contribution in [2.45, 2.75) is 32.1 Å². The van der Waals surface area contributed by atoms with E-state index >= 15 is 0 Å². The molecule has 0 radical (unpaired) electrons. The molecule has 2 N–H and O–H groups in total. The normalized spacial score (nSPS) is 17.3. The maximum atomic E-state index is 12.6. The fourth-order valence-corrected chi connectivity index (χ4v) is 3.31. The molecule has 1 aromatic carbocycles. The van der Waals surface area contributed by atoms with Crippen LogP contribution in [0.25, 0.3) is 0 Å². The molecule has 7 nitrogen and oxygen atoms in total. The van der Waals surface area contributed by atoms with Crippen LogP contribution in [-0.4, -0.2) is 70.6 Å². The summed E-state index contributed by atoms with van der Waals surface area (Å²) in [6.45, 7) is 2.70. The van der Waals surface area contributed by atoms with E-state index in [0.29, 0.717) is 55.8 Å². The van der Waals surface area contributed by atoms with E-state index in [4.69, 9.17) is 14.2 Å². The van der Waals surface area contributed by atoms with Gasteiger partial charge in [0.25, 0.3) is 0 Å². The van der Waals surface area contributed by atoms with Crippen molar-refractivity contribution < 1.29 is 27.4 Å². The van der Waals surface area contributed by atoms with Crippen LogP contribution in [0.4, 0.5) is 13.2 Å². The van der Waals surface area contributed by atoms with Gasteiger partial charge in [0.05, 0.1) is 34.4 Å². The Labute approximate surface area is 192 Å². The van der Waals surface area contributed by atoms with Crippen LogP contribution in [-0.2, 0) is 6.54 Å². The molecule has 1 aliphatic heterocycles. The highest BCUT2D eigenvalue weighted by Gasteiger charge is 2.34. The van der Waals surface area contributed by atoms with E-state index in [-0.39, 0.29) is 30.0 Å². The molecule has 0 aliphatic carbocycles. The molecule has 1 unspecified atom stereocenters. The molecular weight excluding hydrogens is 516 g/mol. The molecule has 172 valence electrons. The number of methoxy groups -OCH3 is 3. The molecule has 1 atom stereocenters. The average Bonchev–Trinajstić information content (AvgIpc) is 3.10. The number of nitrogens with one attached hydrogen (secondary N) is 2.